The zero-order valence-electron chi connectivity index (χ0n) is 15.0. The third kappa shape index (κ3) is 5.08. The Kier molecular flexibility index (Phi) is 6.34. The van der Waals surface area contributed by atoms with E-state index in [9.17, 15) is 14.9 Å². The second kappa shape index (κ2) is 8.67. The fourth-order valence-corrected chi connectivity index (χ4v) is 2.40. The number of anilines is 2. The van der Waals surface area contributed by atoms with Gasteiger partial charge in [-0.15, -0.1) is 0 Å². The summed E-state index contributed by atoms with van der Waals surface area (Å²) in [6.07, 6.45) is 0.0692. The lowest BCUT2D eigenvalue weighted by Gasteiger charge is -2.21. The minimum absolute atomic E-state index is 0.0692. The smallest absolute Gasteiger partial charge is 0.244 e. The van der Waals surface area contributed by atoms with Crippen molar-refractivity contribution in [3.8, 4) is 11.8 Å². The second-order valence-corrected chi connectivity index (χ2v) is 5.97. The molecule has 2 aromatic rings. The Morgan fingerprint density at radius 2 is 1.81 bits per heavy atom. The summed E-state index contributed by atoms with van der Waals surface area (Å²) in [7, 11) is 0. The van der Waals surface area contributed by atoms with Gasteiger partial charge in [0, 0.05) is 12.6 Å². The predicted octanol–water partition coefficient (Wildman–Crippen LogP) is 3.34. The summed E-state index contributed by atoms with van der Waals surface area (Å²) in [6.45, 7) is 5.05. The van der Waals surface area contributed by atoms with Crippen molar-refractivity contribution >= 4 is 23.2 Å². The number of hydrogen-bond acceptors (Lipinski definition) is 4. The average Bonchev–Trinajstić information content (AvgIpc) is 2.60. The zero-order valence-corrected chi connectivity index (χ0v) is 15.0. The SMILES string of the molecule is CC(=O)N(CC(=O)Nc1ccc(OC(C)C)cc1)c1ccccc1C#N. The highest BCUT2D eigenvalue weighted by Gasteiger charge is 2.18. The van der Waals surface area contributed by atoms with Gasteiger partial charge in [-0.3, -0.25) is 9.59 Å². The molecule has 0 fully saturated rings. The van der Waals surface area contributed by atoms with E-state index in [1.54, 1.807) is 48.5 Å². The summed E-state index contributed by atoms with van der Waals surface area (Å²) in [4.78, 5) is 25.6. The van der Waals surface area contributed by atoms with Gasteiger partial charge in [-0.1, -0.05) is 12.1 Å². The second-order valence-electron chi connectivity index (χ2n) is 5.97. The number of nitrogens with zero attached hydrogens (tertiary/aromatic N) is 2. The molecule has 0 saturated heterocycles. The standard InChI is InChI=1S/C20H21N3O3/c1-14(2)26-18-10-8-17(9-11-18)22-20(25)13-23(15(3)24)19-7-5-4-6-16(19)12-21/h4-11,14H,13H2,1-3H3,(H,22,25). The monoisotopic (exact) mass is 351 g/mol. The quantitative estimate of drug-likeness (QED) is 0.865. The highest BCUT2D eigenvalue weighted by molar-refractivity contribution is 6.02. The number of nitriles is 1. The molecule has 0 unspecified atom stereocenters. The number of para-hydroxylation sites is 1. The normalized spacial score (nSPS) is 10.1. The van der Waals surface area contributed by atoms with Gasteiger partial charge in [-0.25, -0.2) is 0 Å². The van der Waals surface area contributed by atoms with Crippen LogP contribution in [0.1, 0.15) is 26.3 Å². The van der Waals surface area contributed by atoms with E-state index in [4.69, 9.17) is 4.74 Å². The van der Waals surface area contributed by atoms with E-state index in [0.717, 1.165) is 0 Å². The minimum Gasteiger partial charge on any atom is -0.491 e. The van der Waals surface area contributed by atoms with Gasteiger partial charge < -0.3 is 15.0 Å². The largest absolute Gasteiger partial charge is 0.491 e. The number of rotatable bonds is 6. The Morgan fingerprint density at radius 3 is 2.38 bits per heavy atom. The topological polar surface area (TPSA) is 82.4 Å². The van der Waals surface area contributed by atoms with Crippen LogP contribution in [0.25, 0.3) is 0 Å². The van der Waals surface area contributed by atoms with Crippen LogP contribution in [0.15, 0.2) is 48.5 Å². The molecule has 2 rings (SSSR count). The van der Waals surface area contributed by atoms with Crippen LogP contribution in [0, 0.1) is 11.3 Å². The van der Waals surface area contributed by atoms with E-state index < -0.39 is 0 Å². The fraction of sp³-hybridized carbons (Fsp3) is 0.250. The van der Waals surface area contributed by atoms with E-state index >= 15 is 0 Å². The Hall–Kier alpha value is -3.33. The summed E-state index contributed by atoms with van der Waals surface area (Å²) in [5.74, 6) is 0.0420. The van der Waals surface area contributed by atoms with Crippen LogP contribution in [-0.2, 0) is 9.59 Å². The highest BCUT2D eigenvalue weighted by Crippen LogP contribution is 2.20. The molecule has 26 heavy (non-hydrogen) atoms. The van der Waals surface area contributed by atoms with Crippen LogP contribution >= 0.6 is 0 Å². The van der Waals surface area contributed by atoms with Crippen molar-refractivity contribution < 1.29 is 14.3 Å². The van der Waals surface area contributed by atoms with Crippen molar-refractivity contribution in [2.45, 2.75) is 26.9 Å². The Bertz CT molecular complexity index is 823. The van der Waals surface area contributed by atoms with Crippen molar-refractivity contribution in [2.75, 3.05) is 16.8 Å². The Morgan fingerprint density at radius 1 is 1.15 bits per heavy atom. The van der Waals surface area contributed by atoms with E-state index in [-0.39, 0.29) is 24.5 Å². The third-order valence-corrected chi connectivity index (χ3v) is 3.51. The summed E-state index contributed by atoms with van der Waals surface area (Å²) >= 11 is 0. The van der Waals surface area contributed by atoms with Crippen LogP contribution in [-0.4, -0.2) is 24.5 Å². The molecule has 0 aromatic heterocycles. The lowest BCUT2D eigenvalue weighted by Crippen LogP contribution is -2.37. The van der Waals surface area contributed by atoms with Crippen molar-refractivity contribution in [3.05, 3.63) is 54.1 Å². The Labute approximate surface area is 153 Å². The molecular formula is C20H21N3O3. The number of carbonyl (C=O) groups is 2. The van der Waals surface area contributed by atoms with E-state index in [1.165, 1.54) is 11.8 Å². The summed E-state index contributed by atoms with van der Waals surface area (Å²) < 4.78 is 5.56. The molecule has 0 heterocycles. The van der Waals surface area contributed by atoms with Crippen LogP contribution in [0.3, 0.4) is 0 Å². The Balaban J connectivity index is 2.09. The third-order valence-electron chi connectivity index (χ3n) is 3.51. The van der Waals surface area contributed by atoms with Crippen LogP contribution in [0.5, 0.6) is 5.75 Å². The van der Waals surface area contributed by atoms with Crippen LogP contribution < -0.4 is 15.0 Å². The van der Waals surface area contributed by atoms with Crippen LogP contribution in [0.2, 0.25) is 0 Å². The number of nitrogens with one attached hydrogen (secondary N) is 1. The zero-order chi connectivity index (χ0) is 19.1. The molecule has 0 atom stereocenters. The molecule has 2 aromatic carbocycles. The molecule has 0 aliphatic carbocycles. The lowest BCUT2D eigenvalue weighted by atomic mass is 10.1. The highest BCUT2D eigenvalue weighted by atomic mass is 16.5. The first-order chi connectivity index (χ1) is 12.4. The van der Waals surface area contributed by atoms with Gasteiger partial charge in [-0.2, -0.15) is 5.26 Å². The van der Waals surface area contributed by atoms with Gasteiger partial charge in [-0.05, 0) is 50.2 Å². The van der Waals surface area contributed by atoms with Gasteiger partial charge in [0.05, 0.1) is 17.4 Å². The van der Waals surface area contributed by atoms with Gasteiger partial charge in [0.1, 0.15) is 18.4 Å². The van der Waals surface area contributed by atoms with E-state index in [2.05, 4.69) is 5.32 Å². The predicted molar refractivity (Wildman–Crippen MR) is 100 cm³/mol. The molecule has 6 heteroatoms. The first kappa shape index (κ1) is 19.0. The van der Waals surface area contributed by atoms with Crippen molar-refractivity contribution in [2.24, 2.45) is 0 Å². The fourth-order valence-electron chi connectivity index (χ4n) is 2.40. The average molecular weight is 351 g/mol. The molecule has 0 radical (unpaired) electrons. The molecule has 0 spiro atoms. The number of benzene rings is 2. The molecule has 134 valence electrons. The number of hydrogen-bond donors (Lipinski definition) is 1. The number of ether oxygens (including phenoxy) is 1. The molecule has 0 bridgehead atoms. The van der Waals surface area contributed by atoms with Gasteiger partial charge in [0.25, 0.3) is 0 Å². The minimum atomic E-state index is -0.356. The van der Waals surface area contributed by atoms with Gasteiger partial charge in [0.2, 0.25) is 11.8 Å². The molecular weight excluding hydrogens is 330 g/mol. The van der Waals surface area contributed by atoms with Crippen LogP contribution in [0.4, 0.5) is 11.4 Å². The molecule has 0 aliphatic heterocycles. The maximum atomic E-state index is 12.3. The summed E-state index contributed by atoms with van der Waals surface area (Å²) in [5.41, 5.74) is 1.35. The van der Waals surface area contributed by atoms with Gasteiger partial charge >= 0.3 is 0 Å². The molecule has 1 N–H and O–H groups in total. The van der Waals surface area contributed by atoms with Gasteiger partial charge in [0.15, 0.2) is 0 Å². The van der Waals surface area contributed by atoms with Crippen molar-refractivity contribution in [1.82, 2.24) is 0 Å². The van der Waals surface area contributed by atoms with E-state index in [0.29, 0.717) is 22.7 Å². The molecule has 2 amide bonds. The number of carbonyl (C=O) groups excluding carboxylic acids is 2. The molecule has 6 nitrogen and oxygen atoms in total. The van der Waals surface area contributed by atoms with E-state index in [1.807, 2.05) is 19.9 Å². The molecule has 0 saturated carbocycles. The number of amides is 2. The van der Waals surface area contributed by atoms with Crippen molar-refractivity contribution in [1.29, 1.82) is 5.26 Å². The summed E-state index contributed by atoms with van der Waals surface area (Å²) in [6, 6.07) is 15.7. The van der Waals surface area contributed by atoms with Crippen molar-refractivity contribution in [3.63, 3.8) is 0 Å². The first-order valence-electron chi connectivity index (χ1n) is 8.24. The summed E-state index contributed by atoms with van der Waals surface area (Å²) in [5, 5.41) is 12.0. The first-order valence-corrected chi connectivity index (χ1v) is 8.24. The maximum absolute atomic E-state index is 12.3. The lowest BCUT2D eigenvalue weighted by molar-refractivity contribution is -0.120. The molecule has 0 aliphatic rings. The maximum Gasteiger partial charge on any atom is 0.244 e.